The molecule has 0 spiro atoms. The monoisotopic (exact) mass is 176 g/mol. The Morgan fingerprint density at radius 1 is 1.64 bits per heavy atom. The minimum Gasteiger partial charge on any atom is -0.396 e. The van der Waals surface area contributed by atoms with Crippen LogP contribution in [0, 0.1) is 5.92 Å². The highest BCUT2D eigenvalue weighted by atomic mass is 32.2. The molecule has 0 saturated carbocycles. The minimum atomic E-state index is 0.216. The van der Waals surface area contributed by atoms with Gasteiger partial charge in [-0.25, -0.2) is 0 Å². The van der Waals surface area contributed by atoms with Gasteiger partial charge in [-0.15, -0.1) is 0 Å². The highest BCUT2D eigenvalue weighted by Crippen LogP contribution is 2.07. The highest BCUT2D eigenvalue weighted by Gasteiger charge is 2.02. The van der Waals surface area contributed by atoms with Crippen molar-refractivity contribution in [3.8, 4) is 0 Å². The molecule has 3 heteroatoms. The van der Waals surface area contributed by atoms with Crippen molar-refractivity contribution in [2.45, 2.75) is 20.3 Å². The average Bonchev–Trinajstić information content (AvgIpc) is 2.04. The van der Waals surface area contributed by atoms with Crippen molar-refractivity contribution >= 4 is 17.5 Å². The predicted octanol–water partition coefficient (Wildman–Crippen LogP) is 1.33. The van der Waals surface area contributed by atoms with Crippen LogP contribution in [0.5, 0.6) is 0 Å². The van der Waals surface area contributed by atoms with Gasteiger partial charge in [-0.05, 0) is 11.7 Å². The molecule has 2 nitrogen and oxygen atoms in total. The summed E-state index contributed by atoms with van der Waals surface area (Å²) in [5, 5.41) is 8.66. The van der Waals surface area contributed by atoms with Crippen LogP contribution in [-0.2, 0) is 4.79 Å². The van der Waals surface area contributed by atoms with E-state index >= 15 is 0 Å². The number of Topliss-reactive ketones (excluding diaryl/α,β-unsaturated/α-hetero) is 1. The van der Waals surface area contributed by atoms with Crippen LogP contribution in [0.2, 0.25) is 0 Å². The van der Waals surface area contributed by atoms with Crippen molar-refractivity contribution in [2.24, 2.45) is 5.92 Å². The van der Waals surface area contributed by atoms with E-state index in [0.29, 0.717) is 23.9 Å². The predicted molar refractivity (Wildman–Crippen MR) is 48.9 cm³/mol. The van der Waals surface area contributed by atoms with Crippen LogP contribution in [0.3, 0.4) is 0 Å². The third kappa shape index (κ3) is 6.38. The van der Waals surface area contributed by atoms with Crippen molar-refractivity contribution < 1.29 is 9.90 Å². The molecule has 0 aliphatic rings. The largest absolute Gasteiger partial charge is 0.396 e. The molecule has 0 fully saturated rings. The Balaban J connectivity index is 3.20. The number of ketones is 1. The van der Waals surface area contributed by atoms with Crippen molar-refractivity contribution in [3.05, 3.63) is 0 Å². The van der Waals surface area contributed by atoms with Gasteiger partial charge in [0.25, 0.3) is 0 Å². The van der Waals surface area contributed by atoms with Gasteiger partial charge in [0.1, 0.15) is 5.78 Å². The van der Waals surface area contributed by atoms with Crippen molar-refractivity contribution in [1.82, 2.24) is 0 Å². The first-order valence-electron chi connectivity index (χ1n) is 3.91. The van der Waals surface area contributed by atoms with Crippen molar-refractivity contribution in [1.29, 1.82) is 0 Å². The van der Waals surface area contributed by atoms with E-state index in [1.807, 2.05) is 13.8 Å². The number of aliphatic hydroxyl groups is 1. The van der Waals surface area contributed by atoms with Gasteiger partial charge in [0.15, 0.2) is 0 Å². The van der Waals surface area contributed by atoms with E-state index in [2.05, 4.69) is 0 Å². The summed E-state index contributed by atoms with van der Waals surface area (Å²) in [6, 6.07) is 0. The van der Waals surface area contributed by atoms with Crippen LogP contribution in [0.1, 0.15) is 20.3 Å². The number of aliphatic hydroxyl groups excluding tert-OH is 1. The summed E-state index contributed by atoms with van der Waals surface area (Å²) in [6.45, 7) is 4.06. The number of thioether (sulfide) groups is 1. The summed E-state index contributed by atoms with van der Waals surface area (Å²) in [5.74, 6) is 2.08. The Hall–Kier alpha value is -0.0200. The Morgan fingerprint density at radius 2 is 2.27 bits per heavy atom. The van der Waals surface area contributed by atoms with E-state index in [1.54, 1.807) is 11.8 Å². The van der Waals surface area contributed by atoms with E-state index in [9.17, 15) is 4.79 Å². The SMILES string of the molecule is CCC(=O)CSCC(C)CO. The Labute approximate surface area is 72.4 Å². The molecule has 0 aromatic rings. The molecule has 1 unspecified atom stereocenters. The summed E-state index contributed by atoms with van der Waals surface area (Å²) in [5.41, 5.74) is 0. The molecule has 0 radical (unpaired) electrons. The first kappa shape index (κ1) is 11.0. The standard InChI is InChI=1S/C8H16O2S/c1-3-8(10)6-11-5-7(2)4-9/h7,9H,3-6H2,1-2H3. The smallest absolute Gasteiger partial charge is 0.142 e. The lowest BCUT2D eigenvalue weighted by Crippen LogP contribution is -2.06. The molecule has 0 bridgehead atoms. The number of carbonyl (C=O) groups is 1. The fourth-order valence-electron chi connectivity index (χ4n) is 0.529. The van der Waals surface area contributed by atoms with Gasteiger partial charge >= 0.3 is 0 Å². The van der Waals surface area contributed by atoms with Crippen molar-refractivity contribution in [2.75, 3.05) is 18.1 Å². The summed E-state index contributed by atoms with van der Waals surface area (Å²) in [7, 11) is 0. The van der Waals surface area contributed by atoms with E-state index in [4.69, 9.17) is 5.11 Å². The van der Waals surface area contributed by atoms with E-state index < -0.39 is 0 Å². The van der Waals surface area contributed by atoms with Gasteiger partial charge < -0.3 is 5.11 Å². The quantitative estimate of drug-likeness (QED) is 0.663. The lowest BCUT2D eigenvalue weighted by molar-refractivity contribution is -0.116. The van der Waals surface area contributed by atoms with Crippen molar-refractivity contribution in [3.63, 3.8) is 0 Å². The fraction of sp³-hybridized carbons (Fsp3) is 0.875. The van der Waals surface area contributed by atoms with Crippen LogP contribution in [0.4, 0.5) is 0 Å². The second kappa shape index (κ2) is 6.68. The lowest BCUT2D eigenvalue weighted by Gasteiger charge is -2.05. The third-order valence-electron chi connectivity index (χ3n) is 1.37. The van der Waals surface area contributed by atoms with Gasteiger partial charge in [-0.2, -0.15) is 11.8 Å². The summed E-state index contributed by atoms with van der Waals surface area (Å²) < 4.78 is 0. The van der Waals surface area contributed by atoms with E-state index in [-0.39, 0.29) is 6.61 Å². The Kier molecular flexibility index (Phi) is 6.66. The molecule has 0 aromatic heterocycles. The van der Waals surface area contributed by atoms with Gasteiger partial charge in [0.2, 0.25) is 0 Å². The van der Waals surface area contributed by atoms with Crippen LogP contribution < -0.4 is 0 Å². The summed E-state index contributed by atoms with van der Waals surface area (Å²) in [6.07, 6.45) is 0.626. The Bertz CT molecular complexity index is 115. The van der Waals surface area contributed by atoms with Gasteiger partial charge in [0, 0.05) is 13.0 Å². The molecule has 1 N–H and O–H groups in total. The maximum absolute atomic E-state index is 10.8. The second-order valence-corrected chi connectivity index (χ2v) is 3.73. The molecule has 0 rings (SSSR count). The normalized spacial score (nSPS) is 13.0. The first-order chi connectivity index (χ1) is 5.20. The summed E-state index contributed by atoms with van der Waals surface area (Å²) >= 11 is 1.61. The Morgan fingerprint density at radius 3 is 2.73 bits per heavy atom. The molecule has 0 aliphatic heterocycles. The van der Waals surface area contributed by atoms with E-state index in [0.717, 1.165) is 5.75 Å². The van der Waals surface area contributed by atoms with Crippen LogP contribution in [0.15, 0.2) is 0 Å². The molecule has 0 saturated heterocycles. The fourth-order valence-corrected chi connectivity index (χ4v) is 1.59. The zero-order chi connectivity index (χ0) is 8.69. The number of hydrogen-bond donors (Lipinski definition) is 1. The minimum absolute atomic E-state index is 0.216. The molecule has 0 heterocycles. The van der Waals surface area contributed by atoms with Gasteiger partial charge in [-0.3, -0.25) is 4.79 Å². The van der Waals surface area contributed by atoms with Crippen LogP contribution >= 0.6 is 11.8 Å². The maximum Gasteiger partial charge on any atom is 0.142 e. The molecule has 11 heavy (non-hydrogen) atoms. The van der Waals surface area contributed by atoms with Crippen LogP contribution in [0.25, 0.3) is 0 Å². The molecule has 1 atom stereocenters. The molecule has 66 valence electrons. The third-order valence-corrected chi connectivity index (χ3v) is 2.70. The van der Waals surface area contributed by atoms with Crippen LogP contribution in [-0.4, -0.2) is 29.0 Å². The topological polar surface area (TPSA) is 37.3 Å². The van der Waals surface area contributed by atoms with E-state index in [1.165, 1.54) is 0 Å². The van der Waals surface area contributed by atoms with Gasteiger partial charge in [-0.1, -0.05) is 13.8 Å². The second-order valence-electron chi connectivity index (χ2n) is 2.70. The number of rotatable bonds is 6. The molecule has 0 aliphatic carbocycles. The molecule has 0 amide bonds. The first-order valence-corrected chi connectivity index (χ1v) is 5.06. The number of hydrogen-bond acceptors (Lipinski definition) is 3. The van der Waals surface area contributed by atoms with Gasteiger partial charge in [0.05, 0.1) is 5.75 Å². The molecular weight excluding hydrogens is 160 g/mol. The molecular formula is C8H16O2S. The molecule has 0 aromatic carbocycles. The number of carbonyl (C=O) groups excluding carboxylic acids is 1. The summed E-state index contributed by atoms with van der Waals surface area (Å²) in [4.78, 5) is 10.8. The highest BCUT2D eigenvalue weighted by molar-refractivity contribution is 7.99. The maximum atomic E-state index is 10.8. The lowest BCUT2D eigenvalue weighted by atomic mass is 10.2. The average molecular weight is 176 g/mol. The zero-order valence-electron chi connectivity index (χ0n) is 7.17. The zero-order valence-corrected chi connectivity index (χ0v) is 7.99.